The number of phenols is 1. The van der Waals surface area contributed by atoms with Crippen molar-refractivity contribution in [2.45, 2.75) is 0 Å². The van der Waals surface area contributed by atoms with Crippen molar-refractivity contribution in [2.24, 2.45) is 0 Å². The largest absolute Gasteiger partial charge is 0.508 e. The second kappa shape index (κ2) is 3.65. The summed E-state index contributed by atoms with van der Waals surface area (Å²) in [6.45, 7) is 0. The highest BCUT2D eigenvalue weighted by atomic mass is 19.2. The number of fused-ring (bicyclic) bond motifs is 1. The van der Waals surface area contributed by atoms with E-state index in [2.05, 4.69) is 0 Å². The molecule has 6 heteroatoms. The lowest BCUT2D eigenvalue weighted by Crippen LogP contribution is -2.07. The lowest BCUT2D eigenvalue weighted by Gasteiger charge is -2.07. The van der Waals surface area contributed by atoms with E-state index in [-0.39, 0.29) is 5.75 Å². The van der Waals surface area contributed by atoms with Crippen LogP contribution in [0.1, 0.15) is 10.4 Å². The van der Waals surface area contributed by atoms with Crippen LogP contribution in [-0.4, -0.2) is 16.2 Å². The van der Waals surface area contributed by atoms with Crippen LogP contribution in [0.2, 0.25) is 0 Å². The molecule has 2 N–H and O–H groups in total. The zero-order chi connectivity index (χ0) is 12.7. The Labute approximate surface area is 92.7 Å². The van der Waals surface area contributed by atoms with Crippen molar-refractivity contribution in [1.29, 1.82) is 0 Å². The molecular weight excluding hydrogens is 237 g/mol. The first-order chi connectivity index (χ1) is 7.93. The second-order valence-electron chi connectivity index (χ2n) is 3.35. The lowest BCUT2D eigenvalue weighted by atomic mass is 10.0. The van der Waals surface area contributed by atoms with E-state index in [9.17, 15) is 18.0 Å². The van der Waals surface area contributed by atoms with Crippen LogP contribution in [0.3, 0.4) is 0 Å². The van der Waals surface area contributed by atoms with E-state index < -0.39 is 39.8 Å². The van der Waals surface area contributed by atoms with Gasteiger partial charge in [-0.15, -0.1) is 0 Å². The Balaban J connectivity index is 3.00. The van der Waals surface area contributed by atoms with Gasteiger partial charge in [0.15, 0.2) is 11.6 Å². The summed E-state index contributed by atoms with van der Waals surface area (Å²) in [6.07, 6.45) is 0. The molecule has 0 fully saturated rings. The van der Waals surface area contributed by atoms with E-state index in [1.165, 1.54) is 0 Å². The van der Waals surface area contributed by atoms with Crippen LogP contribution in [-0.2, 0) is 0 Å². The third-order valence-corrected chi connectivity index (χ3v) is 2.32. The van der Waals surface area contributed by atoms with Gasteiger partial charge in [-0.05, 0) is 18.2 Å². The van der Waals surface area contributed by atoms with Crippen molar-refractivity contribution in [3.05, 3.63) is 41.2 Å². The molecule has 0 saturated carbocycles. The Bertz CT molecular complexity index is 638. The number of halogens is 3. The summed E-state index contributed by atoms with van der Waals surface area (Å²) >= 11 is 0. The van der Waals surface area contributed by atoms with Crippen molar-refractivity contribution < 1.29 is 28.2 Å². The van der Waals surface area contributed by atoms with Crippen LogP contribution < -0.4 is 0 Å². The Morgan fingerprint density at radius 2 is 1.65 bits per heavy atom. The average Bonchev–Trinajstić information content (AvgIpc) is 2.25. The fourth-order valence-electron chi connectivity index (χ4n) is 1.55. The molecule has 3 nitrogen and oxygen atoms in total. The van der Waals surface area contributed by atoms with Crippen molar-refractivity contribution in [3.8, 4) is 5.75 Å². The predicted octanol–water partition coefficient (Wildman–Crippen LogP) is 2.66. The summed E-state index contributed by atoms with van der Waals surface area (Å²) in [6, 6.07) is 2.85. The smallest absolute Gasteiger partial charge is 0.341 e. The molecule has 0 bridgehead atoms. The predicted molar refractivity (Wildman–Crippen MR) is 52.4 cm³/mol. The standard InChI is InChI=1S/C11H5F3O3/c12-8-5-2-1-4(15)3-6(5)9(13)10(14)7(8)11(16)17/h1-3,15H,(H,16,17). The minimum atomic E-state index is -1.89. The quantitative estimate of drug-likeness (QED) is 0.756. The SMILES string of the molecule is O=C(O)c1c(F)c(F)c2cc(O)ccc2c1F. The number of benzene rings is 2. The minimum Gasteiger partial charge on any atom is -0.508 e. The number of aromatic hydroxyl groups is 1. The molecule has 2 aromatic rings. The maximum atomic E-state index is 13.6. The van der Waals surface area contributed by atoms with Gasteiger partial charge in [-0.25, -0.2) is 18.0 Å². The first-order valence-corrected chi connectivity index (χ1v) is 4.46. The van der Waals surface area contributed by atoms with E-state index >= 15 is 0 Å². The molecule has 2 aromatic carbocycles. The molecule has 0 saturated heterocycles. The second-order valence-corrected chi connectivity index (χ2v) is 3.35. The summed E-state index contributed by atoms with van der Waals surface area (Å²) in [7, 11) is 0. The molecule has 0 heterocycles. The van der Waals surface area contributed by atoms with Crippen LogP contribution in [0.15, 0.2) is 18.2 Å². The first kappa shape index (κ1) is 11.3. The number of carboxylic acids is 1. The number of carbonyl (C=O) groups is 1. The topological polar surface area (TPSA) is 57.5 Å². The van der Waals surface area contributed by atoms with Gasteiger partial charge in [0.2, 0.25) is 0 Å². The Kier molecular flexibility index (Phi) is 2.42. The number of hydrogen-bond acceptors (Lipinski definition) is 2. The van der Waals surface area contributed by atoms with E-state index in [1.54, 1.807) is 0 Å². The van der Waals surface area contributed by atoms with Crippen LogP contribution in [0.25, 0.3) is 10.8 Å². The van der Waals surface area contributed by atoms with Gasteiger partial charge in [0.1, 0.15) is 17.1 Å². The number of rotatable bonds is 1. The molecule has 17 heavy (non-hydrogen) atoms. The van der Waals surface area contributed by atoms with E-state index in [4.69, 9.17) is 10.2 Å². The molecule has 0 spiro atoms. The summed E-state index contributed by atoms with van der Waals surface area (Å²) in [5.41, 5.74) is -1.35. The van der Waals surface area contributed by atoms with Gasteiger partial charge >= 0.3 is 5.97 Å². The number of aromatic carboxylic acids is 1. The molecule has 0 aliphatic carbocycles. The molecule has 0 aromatic heterocycles. The lowest BCUT2D eigenvalue weighted by molar-refractivity contribution is 0.0685. The first-order valence-electron chi connectivity index (χ1n) is 4.46. The van der Waals surface area contributed by atoms with E-state index in [1.807, 2.05) is 0 Å². The van der Waals surface area contributed by atoms with Gasteiger partial charge in [-0.3, -0.25) is 0 Å². The molecule has 0 aliphatic rings. The van der Waals surface area contributed by atoms with Crippen molar-refractivity contribution >= 4 is 16.7 Å². The fraction of sp³-hybridized carbons (Fsp3) is 0. The fourth-order valence-corrected chi connectivity index (χ4v) is 1.55. The van der Waals surface area contributed by atoms with Gasteiger partial charge in [-0.1, -0.05) is 0 Å². The van der Waals surface area contributed by atoms with Gasteiger partial charge in [0.05, 0.1) is 0 Å². The summed E-state index contributed by atoms with van der Waals surface area (Å²) < 4.78 is 40.4. The summed E-state index contributed by atoms with van der Waals surface area (Å²) in [5.74, 6) is -6.93. The zero-order valence-corrected chi connectivity index (χ0v) is 8.17. The summed E-state index contributed by atoms with van der Waals surface area (Å²) in [4.78, 5) is 10.6. The highest BCUT2D eigenvalue weighted by Crippen LogP contribution is 2.30. The molecule has 0 radical (unpaired) electrons. The molecule has 0 unspecified atom stereocenters. The van der Waals surface area contributed by atoms with E-state index in [0.29, 0.717) is 0 Å². The Morgan fingerprint density at radius 1 is 1.00 bits per heavy atom. The van der Waals surface area contributed by atoms with Crippen molar-refractivity contribution in [1.82, 2.24) is 0 Å². The van der Waals surface area contributed by atoms with Crippen molar-refractivity contribution in [3.63, 3.8) is 0 Å². The number of phenolic OH excluding ortho intramolecular Hbond substituents is 1. The van der Waals surface area contributed by atoms with E-state index in [0.717, 1.165) is 18.2 Å². The summed E-state index contributed by atoms with van der Waals surface area (Å²) in [5, 5.41) is 16.8. The monoisotopic (exact) mass is 242 g/mol. The minimum absolute atomic E-state index is 0.377. The third kappa shape index (κ3) is 1.57. The Hall–Kier alpha value is -2.24. The average molecular weight is 242 g/mol. The molecule has 0 aliphatic heterocycles. The molecule has 2 rings (SSSR count). The van der Waals surface area contributed by atoms with Crippen LogP contribution >= 0.6 is 0 Å². The van der Waals surface area contributed by atoms with Gasteiger partial charge in [0, 0.05) is 10.8 Å². The number of carboxylic acid groups (broad SMARTS) is 1. The highest BCUT2D eigenvalue weighted by Gasteiger charge is 2.24. The maximum Gasteiger partial charge on any atom is 0.341 e. The molecular formula is C11H5F3O3. The van der Waals surface area contributed by atoms with Gasteiger partial charge in [0.25, 0.3) is 0 Å². The third-order valence-electron chi connectivity index (χ3n) is 2.32. The molecule has 88 valence electrons. The zero-order valence-electron chi connectivity index (χ0n) is 8.17. The van der Waals surface area contributed by atoms with Gasteiger partial charge in [-0.2, -0.15) is 0 Å². The van der Waals surface area contributed by atoms with Crippen LogP contribution in [0.4, 0.5) is 13.2 Å². The Morgan fingerprint density at radius 3 is 2.24 bits per heavy atom. The van der Waals surface area contributed by atoms with Crippen LogP contribution in [0.5, 0.6) is 5.75 Å². The highest BCUT2D eigenvalue weighted by molar-refractivity contribution is 5.96. The van der Waals surface area contributed by atoms with Crippen LogP contribution in [0, 0.1) is 17.5 Å². The number of hydrogen-bond donors (Lipinski definition) is 2. The maximum absolute atomic E-state index is 13.6. The molecule has 0 amide bonds. The molecule has 0 atom stereocenters. The van der Waals surface area contributed by atoms with Gasteiger partial charge < -0.3 is 10.2 Å². The normalized spacial score (nSPS) is 10.8. The van der Waals surface area contributed by atoms with Crippen molar-refractivity contribution in [2.75, 3.05) is 0 Å².